The van der Waals surface area contributed by atoms with E-state index in [-0.39, 0.29) is 5.56 Å². The predicted molar refractivity (Wildman–Crippen MR) is 101 cm³/mol. The van der Waals surface area contributed by atoms with Crippen LogP contribution in [-0.4, -0.2) is 15.5 Å². The normalized spacial score (nSPS) is 12.1. The molecule has 1 amide bonds. The lowest BCUT2D eigenvalue weighted by Gasteiger charge is -2.19. The number of halogens is 1. The van der Waals surface area contributed by atoms with E-state index in [2.05, 4.69) is 10.3 Å². The average molecular weight is 377 g/mol. The van der Waals surface area contributed by atoms with Crippen LogP contribution in [0.15, 0.2) is 76.2 Å². The molecule has 1 N–H and O–H groups in total. The van der Waals surface area contributed by atoms with Crippen molar-refractivity contribution < 1.29 is 13.6 Å². The van der Waals surface area contributed by atoms with Gasteiger partial charge < -0.3 is 14.3 Å². The Labute approximate surface area is 159 Å². The molecule has 0 radical (unpaired) electrons. The molecule has 2 aromatic heterocycles. The summed E-state index contributed by atoms with van der Waals surface area (Å²) in [5, 5.41) is 3.41. The minimum atomic E-state index is -0.742. The molecule has 4 aromatic rings. The fourth-order valence-electron chi connectivity index (χ4n) is 3.07. The van der Waals surface area contributed by atoms with Gasteiger partial charge >= 0.3 is 5.63 Å². The number of benzene rings is 2. The zero-order chi connectivity index (χ0) is 19.7. The minimum absolute atomic E-state index is 0.130. The summed E-state index contributed by atoms with van der Waals surface area (Å²) in [5.41, 5.74) is 0.0333. The quantitative estimate of drug-likeness (QED) is 0.554. The molecule has 6 nitrogen and oxygen atoms in total. The van der Waals surface area contributed by atoms with Crippen LogP contribution in [-0.2, 0) is 7.05 Å². The van der Waals surface area contributed by atoms with Crippen molar-refractivity contribution in [2.75, 3.05) is 0 Å². The Kier molecular flexibility index (Phi) is 4.49. The van der Waals surface area contributed by atoms with E-state index < -0.39 is 23.4 Å². The van der Waals surface area contributed by atoms with E-state index in [1.54, 1.807) is 60.4 Å². The lowest BCUT2D eigenvalue weighted by atomic mass is 10.0. The zero-order valence-corrected chi connectivity index (χ0v) is 14.9. The fourth-order valence-corrected chi connectivity index (χ4v) is 3.07. The molecule has 1 unspecified atom stereocenters. The highest BCUT2D eigenvalue weighted by atomic mass is 19.1. The first-order chi connectivity index (χ1) is 13.5. The Balaban J connectivity index is 1.75. The highest BCUT2D eigenvalue weighted by molar-refractivity contribution is 5.97. The number of hydrogen-bond donors (Lipinski definition) is 1. The molecule has 7 heteroatoms. The smallest absolute Gasteiger partial charge is 0.349 e. The van der Waals surface area contributed by atoms with Gasteiger partial charge in [-0.25, -0.2) is 14.2 Å². The summed E-state index contributed by atoms with van der Waals surface area (Å²) in [6, 6.07) is 13.6. The Morgan fingerprint density at radius 1 is 1.18 bits per heavy atom. The molecule has 0 saturated carbocycles. The van der Waals surface area contributed by atoms with Crippen LogP contribution < -0.4 is 10.9 Å². The van der Waals surface area contributed by atoms with Crippen molar-refractivity contribution >= 4 is 16.9 Å². The molecule has 0 aliphatic rings. The van der Waals surface area contributed by atoms with Crippen molar-refractivity contribution in [3.05, 3.63) is 100 Å². The van der Waals surface area contributed by atoms with Gasteiger partial charge in [0.05, 0.1) is 0 Å². The number of para-hydroxylation sites is 1. The number of nitrogens with one attached hydrogen (secondary N) is 1. The SMILES string of the molecule is Cn1ccnc1C(NC(=O)c1cc2ccccc2oc1=O)c1cccc(F)c1. The van der Waals surface area contributed by atoms with Crippen LogP contribution in [0.1, 0.15) is 27.8 Å². The standard InChI is InChI=1S/C21H16FN3O3/c1-25-10-9-23-19(25)18(14-6-4-7-15(22)11-14)24-20(26)16-12-13-5-2-3-8-17(13)28-21(16)27/h2-12,18H,1H3,(H,24,26). The lowest BCUT2D eigenvalue weighted by molar-refractivity contribution is 0.0937. The van der Waals surface area contributed by atoms with Gasteiger partial charge in [0.2, 0.25) is 0 Å². The van der Waals surface area contributed by atoms with Crippen LogP contribution >= 0.6 is 0 Å². The van der Waals surface area contributed by atoms with Crippen LogP contribution in [0.5, 0.6) is 0 Å². The Bertz CT molecular complexity index is 1230. The number of hydrogen-bond acceptors (Lipinski definition) is 4. The summed E-state index contributed by atoms with van der Waals surface area (Å²) >= 11 is 0. The summed E-state index contributed by atoms with van der Waals surface area (Å²) in [6.07, 6.45) is 3.30. The third-order valence-electron chi connectivity index (χ3n) is 4.46. The van der Waals surface area contributed by atoms with Gasteiger partial charge in [0.15, 0.2) is 0 Å². The van der Waals surface area contributed by atoms with Crippen LogP contribution in [0.4, 0.5) is 4.39 Å². The van der Waals surface area contributed by atoms with Gasteiger partial charge in [-0.15, -0.1) is 0 Å². The second-order valence-electron chi connectivity index (χ2n) is 6.34. The molecular weight excluding hydrogens is 361 g/mol. The maximum absolute atomic E-state index is 13.8. The first kappa shape index (κ1) is 17.7. The second kappa shape index (κ2) is 7.11. The van der Waals surface area contributed by atoms with Crippen molar-refractivity contribution in [1.29, 1.82) is 0 Å². The second-order valence-corrected chi connectivity index (χ2v) is 6.34. The van der Waals surface area contributed by atoms with Crippen LogP contribution in [0, 0.1) is 5.82 Å². The number of carbonyl (C=O) groups is 1. The van der Waals surface area contributed by atoms with Crippen molar-refractivity contribution in [3.8, 4) is 0 Å². The van der Waals surface area contributed by atoms with E-state index >= 15 is 0 Å². The average Bonchev–Trinajstić information content (AvgIpc) is 3.11. The Morgan fingerprint density at radius 2 is 2.00 bits per heavy atom. The molecule has 140 valence electrons. The number of nitrogens with zero attached hydrogens (tertiary/aromatic N) is 2. The van der Waals surface area contributed by atoms with Gasteiger partial charge in [0, 0.05) is 24.8 Å². The van der Waals surface area contributed by atoms with Crippen LogP contribution in [0.25, 0.3) is 11.0 Å². The van der Waals surface area contributed by atoms with Crippen molar-refractivity contribution in [1.82, 2.24) is 14.9 Å². The molecule has 0 spiro atoms. The van der Waals surface area contributed by atoms with Gasteiger partial charge in [-0.05, 0) is 29.8 Å². The Morgan fingerprint density at radius 3 is 2.75 bits per heavy atom. The summed E-state index contributed by atoms with van der Waals surface area (Å²) in [7, 11) is 1.77. The van der Waals surface area contributed by atoms with Crippen LogP contribution in [0.3, 0.4) is 0 Å². The van der Waals surface area contributed by atoms with Gasteiger partial charge in [-0.2, -0.15) is 0 Å². The number of carbonyl (C=O) groups excluding carboxylic acids is 1. The summed E-state index contributed by atoms with van der Waals surface area (Å²) in [5.74, 6) is -0.558. The van der Waals surface area contributed by atoms with Crippen LogP contribution in [0.2, 0.25) is 0 Å². The lowest BCUT2D eigenvalue weighted by Crippen LogP contribution is -2.33. The van der Waals surface area contributed by atoms with Gasteiger partial charge in [-0.1, -0.05) is 30.3 Å². The van der Waals surface area contributed by atoms with E-state index in [1.807, 2.05) is 0 Å². The summed E-state index contributed by atoms with van der Waals surface area (Å²) in [4.78, 5) is 29.4. The molecule has 4 rings (SSSR count). The number of amides is 1. The molecule has 0 bridgehead atoms. The van der Waals surface area contributed by atoms with E-state index in [4.69, 9.17) is 4.42 Å². The van der Waals surface area contributed by atoms with E-state index in [1.165, 1.54) is 18.2 Å². The number of fused-ring (bicyclic) bond motifs is 1. The molecule has 2 aromatic carbocycles. The number of aryl methyl sites for hydroxylation is 1. The molecule has 0 aliphatic heterocycles. The topological polar surface area (TPSA) is 77.1 Å². The van der Waals surface area contributed by atoms with Crippen molar-refractivity contribution in [3.63, 3.8) is 0 Å². The number of imidazole rings is 1. The van der Waals surface area contributed by atoms with Gasteiger partial charge in [0.1, 0.15) is 28.8 Å². The highest BCUT2D eigenvalue weighted by Gasteiger charge is 2.24. The van der Waals surface area contributed by atoms with E-state index in [0.717, 1.165) is 0 Å². The van der Waals surface area contributed by atoms with Gasteiger partial charge in [0.25, 0.3) is 5.91 Å². The molecular formula is C21H16FN3O3. The summed E-state index contributed by atoms with van der Waals surface area (Å²) < 4.78 is 20.7. The first-order valence-electron chi connectivity index (χ1n) is 8.59. The monoisotopic (exact) mass is 377 g/mol. The maximum Gasteiger partial charge on any atom is 0.349 e. The molecule has 0 fully saturated rings. The van der Waals surface area contributed by atoms with E-state index in [9.17, 15) is 14.0 Å². The molecule has 0 saturated heterocycles. The minimum Gasteiger partial charge on any atom is -0.422 e. The zero-order valence-electron chi connectivity index (χ0n) is 14.9. The number of aromatic nitrogens is 2. The third kappa shape index (κ3) is 3.29. The maximum atomic E-state index is 13.8. The number of rotatable bonds is 4. The molecule has 1 atom stereocenters. The molecule has 0 aliphatic carbocycles. The third-order valence-corrected chi connectivity index (χ3v) is 4.46. The fraction of sp³-hybridized carbons (Fsp3) is 0.0952. The molecule has 2 heterocycles. The Hall–Kier alpha value is -3.74. The first-order valence-corrected chi connectivity index (χ1v) is 8.59. The summed E-state index contributed by atoms with van der Waals surface area (Å²) in [6.45, 7) is 0. The van der Waals surface area contributed by atoms with Crippen molar-refractivity contribution in [2.24, 2.45) is 7.05 Å². The predicted octanol–water partition coefficient (Wildman–Crippen LogP) is 3.19. The highest BCUT2D eigenvalue weighted by Crippen LogP contribution is 2.22. The molecule has 28 heavy (non-hydrogen) atoms. The van der Waals surface area contributed by atoms with Crippen molar-refractivity contribution in [2.45, 2.75) is 6.04 Å². The van der Waals surface area contributed by atoms with E-state index in [0.29, 0.717) is 22.4 Å². The van der Waals surface area contributed by atoms with Gasteiger partial charge in [-0.3, -0.25) is 4.79 Å². The largest absolute Gasteiger partial charge is 0.422 e.